The van der Waals surface area contributed by atoms with Gasteiger partial charge < -0.3 is 33.7 Å². The summed E-state index contributed by atoms with van der Waals surface area (Å²) >= 11 is 0. The van der Waals surface area contributed by atoms with Gasteiger partial charge in [0, 0.05) is 22.4 Å². The zero-order valence-electron chi connectivity index (χ0n) is 22.3. The second kappa shape index (κ2) is 12.9. The van der Waals surface area contributed by atoms with Gasteiger partial charge in [-0.1, -0.05) is 6.07 Å². The van der Waals surface area contributed by atoms with Gasteiger partial charge >= 0.3 is 0 Å². The first-order valence-corrected chi connectivity index (χ1v) is 11.4. The molecule has 0 aliphatic rings. The number of carbonyl (C=O) groups is 3. The highest BCUT2D eigenvalue weighted by atomic mass is 16.5. The van der Waals surface area contributed by atoms with Gasteiger partial charge in [-0.15, -0.1) is 0 Å². The highest BCUT2D eigenvalue weighted by molar-refractivity contribution is 6.06. The Morgan fingerprint density at radius 3 is 1.33 bits per heavy atom. The van der Waals surface area contributed by atoms with Gasteiger partial charge in [-0.25, -0.2) is 0 Å². The molecule has 3 rings (SSSR count). The molecule has 0 bridgehead atoms. The zero-order chi connectivity index (χ0) is 28.5. The summed E-state index contributed by atoms with van der Waals surface area (Å²) < 4.78 is 31.6. The van der Waals surface area contributed by atoms with Crippen molar-refractivity contribution in [2.75, 3.05) is 48.0 Å². The predicted octanol–water partition coefficient (Wildman–Crippen LogP) is 3.07. The summed E-state index contributed by atoms with van der Waals surface area (Å²) in [7, 11) is 8.65. The molecule has 3 N–H and O–H groups in total. The number of ether oxygens (including phenoxy) is 6. The normalized spacial score (nSPS) is 10.1. The molecular formula is C27H29N3O9. The van der Waals surface area contributed by atoms with Crippen molar-refractivity contribution in [2.24, 2.45) is 0 Å². The Labute approximate surface area is 225 Å². The zero-order valence-corrected chi connectivity index (χ0v) is 22.3. The second-order valence-electron chi connectivity index (χ2n) is 7.77. The van der Waals surface area contributed by atoms with Crippen molar-refractivity contribution >= 4 is 23.4 Å². The van der Waals surface area contributed by atoms with E-state index < -0.39 is 17.7 Å². The van der Waals surface area contributed by atoms with E-state index in [1.807, 2.05) is 0 Å². The van der Waals surface area contributed by atoms with Crippen LogP contribution in [0, 0.1) is 0 Å². The lowest BCUT2D eigenvalue weighted by Crippen LogP contribution is -2.41. The number of rotatable bonds is 10. The molecule has 0 spiro atoms. The Kier molecular flexibility index (Phi) is 9.41. The highest BCUT2D eigenvalue weighted by Gasteiger charge is 2.19. The van der Waals surface area contributed by atoms with Crippen LogP contribution < -0.4 is 44.6 Å². The third kappa shape index (κ3) is 6.42. The van der Waals surface area contributed by atoms with E-state index in [1.54, 1.807) is 12.1 Å². The van der Waals surface area contributed by atoms with Crippen LogP contribution in [0.3, 0.4) is 0 Å². The molecule has 0 aromatic heterocycles. The van der Waals surface area contributed by atoms with E-state index in [-0.39, 0.29) is 28.2 Å². The molecule has 12 heteroatoms. The van der Waals surface area contributed by atoms with E-state index in [2.05, 4.69) is 16.2 Å². The molecule has 0 heterocycles. The molecule has 3 amide bonds. The minimum absolute atomic E-state index is 0.163. The summed E-state index contributed by atoms with van der Waals surface area (Å²) in [4.78, 5) is 38.3. The van der Waals surface area contributed by atoms with Gasteiger partial charge in [-0.3, -0.25) is 25.2 Å². The second-order valence-corrected chi connectivity index (χ2v) is 7.77. The van der Waals surface area contributed by atoms with Crippen molar-refractivity contribution in [1.29, 1.82) is 0 Å². The van der Waals surface area contributed by atoms with Gasteiger partial charge in [-0.05, 0) is 42.5 Å². The van der Waals surface area contributed by atoms with E-state index in [1.165, 1.54) is 79.1 Å². The monoisotopic (exact) mass is 539 g/mol. The SMILES string of the molecule is COc1cc(C(=O)NNC(=O)c2cccc(NC(=O)c3cc(OC)c(OC)c(OC)c3)c2)cc(OC)c1OC. The van der Waals surface area contributed by atoms with Gasteiger partial charge in [-0.2, -0.15) is 0 Å². The number of nitrogens with one attached hydrogen (secondary N) is 3. The molecule has 0 aliphatic heterocycles. The Balaban J connectivity index is 1.72. The molecule has 0 unspecified atom stereocenters. The van der Waals surface area contributed by atoms with Crippen LogP contribution in [0.1, 0.15) is 31.1 Å². The van der Waals surface area contributed by atoms with Crippen LogP contribution in [0.15, 0.2) is 48.5 Å². The number of carbonyl (C=O) groups excluding carboxylic acids is 3. The quantitative estimate of drug-likeness (QED) is 0.331. The third-order valence-electron chi connectivity index (χ3n) is 5.53. The van der Waals surface area contributed by atoms with Gasteiger partial charge in [0.1, 0.15) is 0 Å². The summed E-state index contributed by atoms with van der Waals surface area (Å²) in [5.74, 6) is 0.176. The molecule has 0 saturated heterocycles. The highest BCUT2D eigenvalue weighted by Crippen LogP contribution is 2.39. The van der Waals surface area contributed by atoms with Gasteiger partial charge in [0.25, 0.3) is 17.7 Å². The third-order valence-corrected chi connectivity index (χ3v) is 5.53. The van der Waals surface area contributed by atoms with Crippen LogP contribution in [0.2, 0.25) is 0 Å². The van der Waals surface area contributed by atoms with E-state index in [0.717, 1.165) is 0 Å². The standard InChI is InChI=1S/C27H29N3O9/c1-34-19-11-16(12-20(35-2)23(19)38-5)25(31)28-18-9-7-8-15(10-18)26(32)29-30-27(33)17-13-21(36-3)24(39-6)22(14-17)37-4/h7-14H,1-6H3,(H,28,31)(H,29,32)(H,30,33). The Morgan fingerprint density at radius 1 is 0.513 bits per heavy atom. The largest absolute Gasteiger partial charge is 0.493 e. The van der Waals surface area contributed by atoms with Crippen LogP contribution in [-0.4, -0.2) is 60.4 Å². The molecule has 39 heavy (non-hydrogen) atoms. The summed E-state index contributed by atoms with van der Waals surface area (Å²) in [5.41, 5.74) is 5.63. The number of hydrogen-bond acceptors (Lipinski definition) is 9. The van der Waals surface area contributed by atoms with E-state index in [4.69, 9.17) is 28.4 Å². The van der Waals surface area contributed by atoms with Gasteiger partial charge in [0.2, 0.25) is 11.5 Å². The van der Waals surface area contributed by atoms with Crippen LogP contribution in [0.25, 0.3) is 0 Å². The van der Waals surface area contributed by atoms with Crippen LogP contribution in [0.5, 0.6) is 34.5 Å². The Morgan fingerprint density at radius 2 is 0.923 bits per heavy atom. The first-order valence-electron chi connectivity index (χ1n) is 11.4. The number of benzene rings is 3. The Hall–Kier alpha value is -5.13. The fraction of sp³-hybridized carbons (Fsp3) is 0.222. The van der Waals surface area contributed by atoms with Crippen molar-refractivity contribution in [3.05, 3.63) is 65.2 Å². The first-order chi connectivity index (χ1) is 18.8. The molecule has 0 aliphatic carbocycles. The molecule has 12 nitrogen and oxygen atoms in total. The molecule has 0 saturated carbocycles. The molecule has 0 fully saturated rings. The molecule has 3 aromatic carbocycles. The number of methoxy groups -OCH3 is 6. The van der Waals surface area contributed by atoms with Crippen molar-refractivity contribution in [1.82, 2.24) is 10.9 Å². The maximum atomic E-state index is 12.9. The van der Waals surface area contributed by atoms with E-state index in [9.17, 15) is 14.4 Å². The molecule has 0 radical (unpaired) electrons. The maximum Gasteiger partial charge on any atom is 0.269 e. The number of amides is 3. The lowest BCUT2D eigenvalue weighted by atomic mass is 10.1. The number of anilines is 1. The van der Waals surface area contributed by atoms with E-state index in [0.29, 0.717) is 28.7 Å². The van der Waals surface area contributed by atoms with E-state index >= 15 is 0 Å². The summed E-state index contributed by atoms with van der Waals surface area (Å²) in [6.45, 7) is 0. The van der Waals surface area contributed by atoms with Crippen molar-refractivity contribution in [2.45, 2.75) is 0 Å². The average molecular weight is 540 g/mol. The van der Waals surface area contributed by atoms with Crippen molar-refractivity contribution < 1.29 is 42.8 Å². The Bertz CT molecular complexity index is 1320. The number of hydrogen-bond donors (Lipinski definition) is 3. The topological polar surface area (TPSA) is 143 Å². The molecule has 3 aromatic rings. The molecule has 0 atom stereocenters. The van der Waals surface area contributed by atoms with Crippen molar-refractivity contribution in [3.63, 3.8) is 0 Å². The summed E-state index contributed by atoms with van der Waals surface area (Å²) in [5, 5.41) is 2.72. The minimum atomic E-state index is -0.616. The lowest BCUT2D eigenvalue weighted by molar-refractivity contribution is 0.0846. The van der Waals surface area contributed by atoms with Crippen LogP contribution in [-0.2, 0) is 0 Å². The van der Waals surface area contributed by atoms with Crippen LogP contribution >= 0.6 is 0 Å². The maximum absolute atomic E-state index is 12.9. The minimum Gasteiger partial charge on any atom is -0.493 e. The molecular weight excluding hydrogens is 510 g/mol. The average Bonchev–Trinajstić information content (AvgIpc) is 2.97. The predicted molar refractivity (Wildman–Crippen MR) is 142 cm³/mol. The summed E-state index contributed by atoms with van der Waals surface area (Å²) in [6.07, 6.45) is 0. The fourth-order valence-corrected chi connectivity index (χ4v) is 3.62. The van der Waals surface area contributed by atoms with Crippen LogP contribution in [0.4, 0.5) is 5.69 Å². The smallest absolute Gasteiger partial charge is 0.269 e. The summed E-state index contributed by atoms with van der Waals surface area (Å²) in [6, 6.07) is 12.1. The number of hydrazine groups is 1. The lowest BCUT2D eigenvalue weighted by Gasteiger charge is -2.15. The first kappa shape index (κ1) is 28.4. The van der Waals surface area contributed by atoms with Crippen molar-refractivity contribution in [3.8, 4) is 34.5 Å². The van der Waals surface area contributed by atoms with Gasteiger partial charge in [0.15, 0.2) is 23.0 Å². The molecule has 206 valence electrons. The fourth-order valence-electron chi connectivity index (χ4n) is 3.62. The van der Waals surface area contributed by atoms with Gasteiger partial charge in [0.05, 0.1) is 42.7 Å².